The SMILES string of the molecule is Nc1ccnn1C1CCN(c2ccccc2)CC1. The van der Waals surface area contributed by atoms with E-state index >= 15 is 0 Å². The van der Waals surface area contributed by atoms with Crippen LogP contribution in [0.1, 0.15) is 18.9 Å². The number of anilines is 2. The minimum Gasteiger partial charge on any atom is -0.384 e. The van der Waals surface area contributed by atoms with Crippen LogP contribution in [0.25, 0.3) is 0 Å². The van der Waals surface area contributed by atoms with Gasteiger partial charge < -0.3 is 10.6 Å². The van der Waals surface area contributed by atoms with Crippen molar-refractivity contribution in [3.63, 3.8) is 0 Å². The van der Waals surface area contributed by atoms with Crippen LogP contribution in [0.5, 0.6) is 0 Å². The van der Waals surface area contributed by atoms with Gasteiger partial charge in [0.1, 0.15) is 5.82 Å². The van der Waals surface area contributed by atoms with Crippen molar-refractivity contribution in [2.45, 2.75) is 18.9 Å². The van der Waals surface area contributed by atoms with E-state index in [0.717, 1.165) is 31.7 Å². The maximum Gasteiger partial charge on any atom is 0.121 e. The van der Waals surface area contributed by atoms with Crippen LogP contribution in [-0.2, 0) is 0 Å². The van der Waals surface area contributed by atoms with Crippen molar-refractivity contribution >= 4 is 11.5 Å². The summed E-state index contributed by atoms with van der Waals surface area (Å²) in [6, 6.07) is 12.9. The second-order valence-corrected chi connectivity index (χ2v) is 4.75. The van der Waals surface area contributed by atoms with E-state index in [1.54, 1.807) is 6.20 Å². The van der Waals surface area contributed by atoms with Gasteiger partial charge in [-0.1, -0.05) is 18.2 Å². The van der Waals surface area contributed by atoms with Gasteiger partial charge in [-0.25, -0.2) is 4.68 Å². The average molecular weight is 242 g/mol. The van der Waals surface area contributed by atoms with Gasteiger partial charge in [0.2, 0.25) is 0 Å². The highest BCUT2D eigenvalue weighted by molar-refractivity contribution is 5.46. The molecule has 0 spiro atoms. The van der Waals surface area contributed by atoms with E-state index in [-0.39, 0.29) is 0 Å². The van der Waals surface area contributed by atoms with Gasteiger partial charge in [-0.05, 0) is 31.0 Å². The molecule has 18 heavy (non-hydrogen) atoms. The Labute approximate surface area is 107 Å². The molecule has 1 aromatic carbocycles. The van der Waals surface area contributed by atoms with Gasteiger partial charge in [-0.2, -0.15) is 5.10 Å². The number of piperidine rings is 1. The minimum atomic E-state index is 0.444. The van der Waals surface area contributed by atoms with E-state index in [1.165, 1.54) is 5.69 Å². The summed E-state index contributed by atoms with van der Waals surface area (Å²) in [5.74, 6) is 0.771. The molecule has 0 saturated carbocycles. The van der Waals surface area contributed by atoms with E-state index in [9.17, 15) is 0 Å². The molecule has 0 unspecified atom stereocenters. The molecule has 0 amide bonds. The Morgan fingerprint density at radius 2 is 1.78 bits per heavy atom. The summed E-state index contributed by atoms with van der Waals surface area (Å²) in [4.78, 5) is 2.43. The van der Waals surface area contributed by atoms with Gasteiger partial charge in [0.15, 0.2) is 0 Å². The molecular formula is C14H18N4. The topological polar surface area (TPSA) is 47.1 Å². The van der Waals surface area contributed by atoms with Gasteiger partial charge in [-0.3, -0.25) is 0 Å². The van der Waals surface area contributed by atoms with Crippen LogP contribution in [-0.4, -0.2) is 22.9 Å². The third-order valence-electron chi connectivity index (χ3n) is 3.63. The fraction of sp³-hybridized carbons (Fsp3) is 0.357. The molecule has 4 heteroatoms. The van der Waals surface area contributed by atoms with Crippen LogP contribution in [0.15, 0.2) is 42.6 Å². The van der Waals surface area contributed by atoms with E-state index in [0.29, 0.717) is 6.04 Å². The Morgan fingerprint density at radius 3 is 2.39 bits per heavy atom. The van der Waals surface area contributed by atoms with Crippen molar-refractivity contribution in [3.05, 3.63) is 42.6 Å². The van der Waals surface area contributed by atoms with Crippen LogP contribution >= 0.6 is 0 Å². The molecule has 1 aromatic heterocycles. The average Bonchev–Trinajstić information content (AvgIpc) is 2.86. The number of benzene rings is 1. The summed E-state index contributed by atoms with van der Waals surface area (Å²) in [5.41, 5.74) is 7.21. The third-order valence-corrected chi connectivity index (χ3v) is 3.63. The molecule has 0 aliphatic carbocycles. The molecular weight excluding hydrogens is 224 g/mol. The number of nitrogens with two attached hydrogens (primary N) is 1. The predicted molar refractivity (Wildman–Crippen MR) is 73.6 cm³/mol. The lowest BCUT2D eigenvalue weighted by Crippen LogP contribution is -2.35. The van der Waals surface area contributed by atoms with Crippen molar-refractivity contribution in [1.82, 2.24) is 9.78 Å². The van der Waals surface area contributed by atoms with Gasteiger partial charge in [0.25, 0.3) is 0 Å². The summed E-state index contributed by atoms with van der Waals surface area (Å²) in [5, 5.41) is 4.31. The molecule has 1 aliphatic heterocycles. The van der Waals surface area contributed by atoms with E-state index in [4.69, 9.17) is 5.73 Å². The minimum absolute atomic E-state index is 0.444. The molecule has 1 aliphatic rings. The summed E-state index contributed by atoms with van der Waals surface area (Å²) in [6.07, 6.45) is 3.97. The third kappa shape index (κ3) is 2.06. The highest BCUT2D eigenvalue weighted by Gasteiger charge is 2.21. The first-order chi connectivity index (χ1) is 8.84. The number of nitrogen functional groups attached to an aromatic ring is 1. The monoisotopic (exact) mass is 242 g/mol. The predicted octanol–water partition coefficient (Wildman–Crippen LogP) is 2.31. The maximum atomic E-state index is 5.90. The van der Waals surface area contributed by atoms with Crippen LogP contribution in [0.3, 0.4) is 0 Å². The highest BCUT2D eigenvalue weighted by atomic mass is 15.3. The van der Waals surface area contributed by atoms with Crippen molar-refractivity contribution in [2.24, 2.45) is 0 Å². The van der Waals surface area contributed by atoms with Gasteiger partial charge in [0, 0.05) is 18.8 Å². The van der Waals surface area contributed by atoms with Crippen LogP contribution in [0.4, 0.5) is 11.5 Å². The van der Waals surface area contributed by atoms with E-state index < -0.39 is 0 Å². The second kappa shape index (κ2) is 4.72. The number of rotatable bonds is 2. The Morgan fingerprint density at radius 1 is 1.06 bits per heavy atom. The van der Waals surface area contributed by atoms with Gasteiger partial charge in [-0.15, -0.1) is 0 Å². The van der Waals surface area contributed by atoms with Crippen LogP contribution in [0.2, 0.25) is 0 Å². The Kier molecular flexibility index (Phi) is 2.92. The standard InChI is InChI=1S/C14H18N4/c15-14-6-9-16-18(14)13-7-10-17(11-8-13)12-4-2-1-3-5-12/h1-6,9,13H,7-8,10-11,15H2. The summed E-state index contributed by atoms with van der Waals surface area (Å²) in [7, 11) is 0. The first kappa shape index (κ1) is 11.1. The number of hydrogen-bond donors (Lipinski definition) is 1. The maximum absolute atomic E-state index is 5.90. The molecule has 0 radical (unpaired) electrons. The fourth-order valence-corrected chi connectivity index (χ4v) is 2.64. The largest absolute Gasteiger partial charge is 0.384 e. The van der Waals surface area contributed by atoms with Crippen molar-refractivity contribution in [1.29, 1.82) is 0 Å². The number of aromatic nitrogens is 2. The number of hydrogen-bond acceptors (Lipinski definition) is 3. The Bertz CT molecular complexity index is 498. The molecule has 4 nitrogen and oxygen atoms in total. The lowest BCUT2D eigenvalue weighted by Gasteiger charge is -2.34. The normalized spacial score (nSPS) is 17.0. The van der Waals surface area contributed by atoms with E-state index in [1.807, 2.05) is 10.7 Å². The zero-order valence-electron chi connectivity index (χ0n) is 10.4. The fourth-order valence-electron chi connectivity index (χ4n) is 2.64. The van der Waals surface area contributed by atoms with Gasteiger partial charge in [0.05, 0.1) is 12.2 Å². The smallest absolute Gasteiger partial charge is 0.121 e. The number of nitrogens with zero attached hydrogens (tertiary/aromatic N) is 3. The first-order valence-corrected chi connectivity index (χ1v) is 6.43. The second-order valence-electron chi connectivity index (χ2n) is 4.75. The summed E-state index contributed by atoms with van der Waals surface area (Å²) in [6.45, 7) is 2.13. The quantitative estimate of drug-likeness (QED) is 0.879. The highest BCUT2D eigenvalue weighted by Crippen LogP contribution is 2.27. The molecule has 2 N–H and O–H groups in total. The van der Waals surface area contributed by atoms with Crippen LogP contribution < -0.4 is 10.6 Å². The summed E-state index contributed by atoms with van der Waals surface area (Å²) < 4.78 is 1.96. The molecule has 94 valence electrons. The molecule has 2 aromatic rings. The molecule has 2 heterocycles. The molecule has 1 saturated heterocycles. The Hall–Kier alpha value is -1.97. The molecule has 0 bridgehead atoms. The number of para-hydroxylation sites is 1. The lowest BCUT2D eigenvalue weighted by atomic mass is 10.0. The molecule has 0 atom stereocenters. The van der Waals surface area contributed by atoms with Crippen molar-refractivity contribution in [3.8, 4) is 0 Å². The lowest BCUT2D eigenvalue weighted by molar-refractivity contribution is 0.371. The van der Waals surface area contributed by atoms with Crippen LogP contribution in [0, 0.1) is 0 Å². The molecule has 3 rings (SSSR count). The van der Waals surface area contributed by atoms with E-state index in [2.05, 4.69) is 40.3 Å². The Balaban J connectivity index is 1.67. The van der Waals surface area contributed by atoms with Crippen molar-refractivity contribution in [2.75, 3.05) is 23.7 Å². The van der Waals surface area contributed by atoms with Gasteiger partial charge >= 0.3 is 0 Å². The zero-order chi connectivity index (χ0) is 12.4. The first-order valence-electron chi connectivity index (χ1n) is 6.43. The summed E-state index contributed by atoms with van der Waals surface area (Å²) >= 11 is 0. The molecule has 1 fully saturated rings. The zero-order valence-corrected chi connectivity index (χ0v) is 10.4. The van der Waals surface area contributed by atoms with Crippen molar-refractivity contribution < 1.29 is 0 Å².